The molecule has 0 aliphatic carbocycles. The Morgan fingerprint density at radius 2 is 2.33 bits per heavy atom. The molecular weight excluding hydrogens is 320 g/mol. The van der Waals surface area contributed by atoms with Crippen LogP contribution >= 0.6 is 31.9 Å². The molecule has 2 rings (SSSR count). The van der Waals surface area contributed by atoms with Crippen LogP contribution in [0.1, 0.15) is 19.8 Å². The summed E-state index contributed by atoms with van der Waals surface area (Å²) in [6.45, 7) is 4.54. The number of hydrogen-bond donors (Lipinski definition) is 0. The summed E-state index contributed by atoms with van der Waals surface area (Å²) in [7, 11) is 0. The Morgan fingerprint density at radius 1 is 1.53 bits per heavy atom. The summed E-state index contributed by atoms with van der Waals surface area (Å²) in [5.41, 5.74) is 0. The quantitative estimate of drug-likeness (QED) is 0.817. The Morgan fingerprint density at radius 3 is 2.93 bits per heavy atom. The molecule has 1 fully saturated rings. The van der Waals surface area contributed by atoms with Gasteiger partial charge >= 0.3 is 0 Å². The van der Waals surface area contributed by atoms with E-state index in [-0.39, 0.29) is 0 Å². The molecule has 1 aliphatic rings. The summed E-state index contributed by atoms with van der Waals surface area (Å²) in [5, 5.41) is 0. The van der Waals surface area contributed by atoms with Gasteiger partial charge in [0, 0.05) is 23.8 Å². The highest BCUT2D eigenvalue weighted by molar-refractivity contribution is 9.11. The van der Waals surface area contributed by atoms with Crippen molar-refractivity contribution in [3.8, 4) is 0 Å². The van der Waals surface area contributed by atoms with Crippen LogP contribution in [-0.2, 0) is 0 Å². The molecule has 1 aliphatic heterocycles. The lowest BCUT2D eigenvalue weighted by Crippen LogP contribution is -2.21. The van der Waals surface area contributed by atoms with Gasteiger partial charge in [-0.3, -0.25) is 0 Å². The van der Waals surface area contributed by atoms with Gasteiger partial charge in [-0.05, 0) is 50.3 Å². The molecule has 2 nitrogen and oxygen atoms in total. The fraction of sp³-hybridized carbons (Fsp3) is 0.545. The molecule has 0 bridgehead atoms. The van der Waals surface area contributed by atoms with E-state index in [4.69, 9.17) is 0 Å². The number of rotatable bonds is 2. The second-order valence-corrected chi connectivity index (χ2v) is 5.74. The third kappa shape index (κ3) is 2.53. The summed E-state index contributed by atoms with van der Waals surface area (Å²) >= 11 is 6.98. The van der Waals surface area contributed by atoms with Crippen LogP contribution in [0.3, 0.4) is 0 Å². The molecule has 1 atom stereocenters. The van der Waals surface area contributed by atoms with Crippen molar-refractivity contribution in [2.75, 3.05) is 18.0 Å². The lowest BCUT2D eigenvalue weighted by atomic mass is 10.1. The van der Waals surface area contributed by atoms with Gasteiger partial charge < -0.3 is 4.90 Å². The molecule has 1 saturated heterocycles. The molecule has 0 radical (unpaired) electrons. The smallest absolute Gasteiger partial charge is 0.142 e. The zero-order valence-electron chi connectivity index (χ0n) is 8.71. The Hall–Kier alpha value is -0.0900. The van der Waals surface area contributed by atoms with Gasteiger partial charge in [-0.1, -0.05) is 13.3 Å². The van der Waals surface area contributed by atoms with Crippen molar-refractivity contribution in [2.45, 2.75) is 19.8 Å². The maximum atomic E-state index is 4.46. The first-order valence-corrected chi connectivity index (χ1v) is 6.85. The second kappa shape index (κ2) is 4.83. The van der Waals surface area contributed by atoms with Gasteiger partial charge in [0.1, 0.15) is 5.82 Å². The molecule has 0 aromatic carbocycles. The van der Waals surface area contributed by atoms with Crippen molar-refractivity contribution in [2.24, 2.45) is 5.92 Å². The number of aromatic nitrogens is 1. The monoisotopic (exact) mass is 332 g/mol. The molecule has 1 unspecified atom stereocenters. The fourth-order valence-electron chi connectivity index (χ4n) is 2.00. The Balaban J connectivity index is 2.17. The average molecular weight is 334 g/mol. The van der Waals surface area contributed by atoms with Crippen molar-refractivity contribution in [1.82, 2.24) is 4.98 Å². The topological polar surface area (TPSA) is 16.1 Å². The Labute approximate surface area is 107 Å². The Kier molecular flexibility index (Phi) is 3.67. The lowest BCUT2D eigenvalue weighted by molar-refractivity contribution is 0.568. The largest absolute Gasteiger partial charge is 0.355 e. The van der Waals surface area contributed by atoms with E-state index in [0.29, 0.717) is 0 Å². The molecule has 1 aromatic rings. The minimum Gasteiger partial charge on any atom is -0.355 e. The summed E-state index contributed by atoms with van der Waals surface area (Å²) in [6, 6.07) is 2.06. The SMILES string of the molecule is CCC1CCN(c2ncc(Br)cc2Br)C1. The van der Waals surface area contributed by atoms with Gasteiger partial charge in [-0.2, -0.15) is 0 Å². The van der Waals surface area contributed by atoms with Gasteiger partial charge in [0.25, 0.3) is 0 Å². The molecule has 0 N–H and O–H groups in total. The van der Waals surface area contributed by atoms with Crippen LogP contribution in [-0.4, -0.2) is 18.1 Å². The maximum absolute atomic E-state index is 4.46. The van der Waals surface area contributed by atoms with Crippen molar-refractivity contribution >= 4 is 37.7 Å². The van der Waals surface area contributed by atoms with Crippen LogP contribution in [0.4, 0.5) is 5.82 Å². The average Bonchev–Trinajstić information content (AvgIpc) is 2.66. The molecule has 0 saturated carbocycles. The van der Waals surface area contributed by atoms with Crippen LogP contribution in [0, 0.1) is 5.92 Å². The van der Waals surface area contributed by atoms with Gasteiger partial charge in [0.2, 0.25) is 0 Å². The first-order valence-electron chi connectivity index (χ1n) is 5.26. The Bertz CT molecular complexity index is 354. The van der Waals surface area contributed by atoms with Crippen molar-refractivity contribution in [1.29, 1.82) is 0 Å². The highest BCUT2D eigenvalue weighted by Crippen LogP contribution is 2.31. The van der Waals surface area contributed by atoms with E-state index in [1.54, 1.807) is 0 Å². The van der Waals surface area contributed by atoms with Crippen LogP contribution < -0.4 is 4.90 Å². The van der Waals surface area contributed by atoms with E-state index in [1.807, 2.05) is 6.20 Å². The molecule has 4 heteroatoms. The van der Waals surface area contributed by atoms with E-state index in [1.165, 1.54) is 12.8 Å². The number of anilines is 1. The van der Waals surface area contributed by atoms with E-state index >= 15 is 0 Å². The number of nitrogens with zero attached hydrogens (tertiary/aromatic N) is 2. The molecule has 15 heavy (non-hydrogen) atoms. The normalized spacial score (nSPS) is 21.0. The van der Waals surface area contributed by atoms with E-state index in [0.717, 1.165) is 33.8 Å². The lowest BCUT2D eigenvalue weighted by Gasteiger charge is -2.18. The number of pyridine rings is 1. The van der Waals surface area contributed by atoms with E-state index < -0.39 is 0 Å². The van der Waals surface area contributed by atoms with E-state index in [9.17, 15) is 0 Å². The fourth-order valence-corrected chi connectivity index (χ4v) is 3.24. The van der Waals surface area contributed by atoms with E-state index in [2.05, 4.69) is 54.7 Å². The second-order valence-electron chi connectivity index (χ2n) is 3.97. The third-order valence-electron chi connectivity index (χ3n) is 2.95. The molecule has 0 spiro atoms. The summed E-state index contributed by atoms with van der Waals surface area (Å²) in [6.07, 6.45) is 4.42. The number of halogens is 2. The highest BCUT2D eigenvalue weighted by Gasteiger charge is 2.23. The summed E-state index contributed by atoms with van der Waals surface area (Å²) in [4.78, 5) is 6.83. The summed E-state index contributed by atoms with van der Waals surface area (Å²) < 4.78 is 2.10. The zero-order valence-corrected chi connectivity index (χ0v) is 11.9. The molecule has 1 aromatic heterocycles. The van der Waals surface area contributed by atoms with Gasteiger partial charge in [-0.25, -0.2) is 4.98 Å². The molecule has 2 heterocycles. The first kappa shape index (κ1) is 11.4. The molecule has 82 valence electrons. The zero-order chi connectivity index (χ0) is 10.8. The maximum Gasteiger partial charge on any atom is 0.142 e. The van der Waals surface area contributed by atoms with Crippen molar-refractivity contribution in [3.05, 3.63) is 21.2 Å². The predicted molar refractivity (Wildman–Crippen MR) is 70.2 cm³/mol. The van der Waals surface area contributed by atoms with Crippen LogP contribution in [0.25, 0.3) is 0 Å². The summed E-state index contributed by atoms with van der Waals surface area (Å²) in [5.74, 6) is 1.91. The van der Waals surface area contributed by atoms with Crippen LogP contribution in [0.5, 0.6) is 0 Å². The standard InChI is InChI=1S/C11H14Br2N2/c1-2-8-3-4-15(7-8)11-10(13)5-9(12)6-14-11/h5-6,8H,2-4,7H2,1H3. The third-order valence-corrected chi connectivity index (χ3v) is 3.97. The highest BCUT2D eigenvalue weighted by atomic mass is 79.9. The molecule has 0 amide bonds. The van der Waals surface area contributed by atoms with Crippen LogP contribution in [0.15, 0.2) is 21.2 Å². The minimum atomic E-state index is 0.836. The number of hydrogen-bond acceptors (Lipinski definition) is 2. The van der Waals surface area contributed by atoms with Crippen LogP contribution in [0.2, 0.25) is 0 Å². The minimum absolute atomic E-state index is 0.836. The van der Waals surface area contributed by atoms with Gasteiger partial charge in [0.05, 0.1) is 4.47 Å². The van der Waals surface area contributed by atoms with Crippen molar-refractivity contribution in [3.63, 3.8) is 0 Å². The van der Waals surface area contributed by atoms with Gasteiger partial charge in [-0.15, -0.1) is 0 Å². The first-order chi connectivity index (χ1) is 7.20. The van der Waals surface area contributed by atoms with Gasteiger partial charge in [0.15, 0.2) is 0 Å². The predicted octanol–water partition coefficient (Wildman–Crippen LogP) is 3.84. The van der Waals surface area contributed by atoms with Crippen molar-refractivity contribution < 1.29 is 0 Å². The molecular formula is C11H14Br2N2.